The number of carbonyl (C=O) groups is 1. The van der Waals surface area contributed by atoms with Gasteiger partial charge in [-0.15, -0.1) is 0 Å². The molecule has 3 heterocycles. The molecule has 0 N–H and O–H groups in total. The van der Waals surface area contributed by atoms with E-state index >= 15 is 8.78 Å². The van der Waals surface area contributed by atoms with Crippen molar-refractivity contribution < 1.29 is 36.2 Å². The van der Waals surface area contributed by atoms with E-state index in [0.29, 0.717) is 17.9 Å². The molecule has 1 aromatic carbocycles. The summed E-state index contributed by atoms with van der Waals surface area (Å²) in [5.41, 5.74) is 0.0259. The first-order chi connectivity index (χ1) is 19.3. The highest BCUT2D eigenvalue weighted by Crippen LogP contribution is 2.34. The topological polar surface area (TPSA) is 68.4 Å². The standard InChI is InChI=1S/C29H31F5N4O3/c1-6-23(29(32,33)34)35-26(16(2)3)18-12-20(30)25(21(31)13-18)27-22(38-8-7-17(4)11-24(38)36-27)14-19-15-37(9-10-41-19)28(39)40-5/h6-8,11-13,16,19H,9-10,14-15H2,1-5H3/b23-6-,35-26?/t19-/m0/s1. The van der Waals surface area contributed by atoms with Crippen LogP contribution in [0.4, 0.5) is 26.7 Å². The number of ether oxygens (including phenoxy) is 2. The molecule has 0 aliphatic carbocycles. The molecular weight excluding hydrogens is 547 g/mol. The van der Waals surface area contributed by atoms with Crippen molar-refractivity contribution in [3.05, 3.63) is 70.7 Å². The zero-order valence-corrected chi connectivity index (χ0v) is 23.4. The molecule has 7 nitrogen and oxygen atoms in total. The van der Waals surface area contributed by atoms with Crippen molar-refractivity contribution in [2.75, 3.05) is 26.8 Å². The van der Waals surface area contributed by atoms with Crippen LogP contribution in [0.2, 0.25) is 0 Å². The molecule has 3 aromatic rings. The number of imidazole rings is 1. The monoisotopic (exact) mass is 578 g/mol. The van der Waals surface area contributed by atoms with Gasteiger partial charge < -0.3 is 18.8 Å². The smallest absolute Gasteiger partial charge is 0.433 e. The van der Waals surface area contributed by atoms with E-state index in [2.05, 4.69) is 9.98 Å². The van der Waals surface area contributed by atoms with Crippen molar-refractivity contribution in [3.8, 4) is 11.3 Å². The normalized spacial score (nSPS) is 17.0. The number of rotatable bonds is 6. The van der Waals surface area contributed by atoms with Crippen LogP contribution in [0.15, 0.2) is 47.2 Å². The molecule has 0 unspecified atom stereocenters. The Hall–Kier alpha value is -3.80. The highest BCUT2D eigenvalue weighted by Gasteiger charge is 2.34. The molecule has 0 radical (unpaired) electrons. The molecule has 1 atom stereocenters. The molecular formula is C29H31F5N4O3. The first kappa shape index (κ1) is 30.2. The number of morpholine rings is 1. The Morgan fingerprint density at radius 2 is 1.93 bits per heavy atom. The third-order valence-electron chi connectivity index (χ3n) is 6.80. The molecule has 4 rings (SSSR count). The van der Waals surface area contributed by atoms with E-state index in [1.165, 1.54) is 18.9 Å². The second-order valence-corrected chi connectivity index (χ2v) is 10.1. The van der Waals surface area contributed by atoms with E-state index in [1.807, 2.05) is 13.0 Å². The summed E-state index contributed by atoms with van der Waals surface area (Å²) in [6.07, 6.45) is -3.02. The van der Waals surface area contributed by atoms with Crippen LogP contribution in [-0.2, 0) is 15.9 Å². The summed E-state index contributed by atoms with van der Waals surface area (Å²) < 4.78 is 84.1. The van der Waals surface area contributed by atoms with Crippen LogP contribution < -0.4 is 0 Å². The molecule has 12 heteroatoms. The molecule has 0 saturated carbocycles. The Labute approximate surface area is 234 Å². The lowest BCUT2D eigenvalue weighted by Gasteiger charge is -2.32. The highest BCUT2D eigenvalue weighted by atomic mass is 19.4. The summed E-state index contributed by atoms with van der Waals surface area (Å²) in [5.74, 6) is -2.55. The predicted octanol–water partition coefficient (Wildman–Crippen LogP) is 6.51. The average Bonchev–Trinajstić information content (AvgIpc) is 3.23. The van der Waals surface area contributed by atoms with E-state index in [9.17, 15) is 18.0 Å². The van der Waals surface area contributed by atoms with Crippen LogP contribution in [0, 0.1) is 24.5 Å². The summed E-state index contributed by atoms with van der Waals surface area (Å²) in [6, 6.07) is 5.55. The number of aryl methyl sites for hydroxylation is 1. The van der Waals surface area contributed by atoms with Crippen LogP contribution in [0.1, 0.15) is 37.6 Å². The molecule has 1 fully saturated rings. The van der Waals surface area contributed by atoms with Gasteiger partial charge in [0.15, 0.2) is 0 Å². The van der Waals surface area contributed by atoms with Gasteiger partial charge in [-0.05, 0) is 49.6 Å². The minimum atomic E-state index is -4.72. The number of pyridine rings is 1. The van der Waals surface area contributed by atoms with Crippen molar-refractivity contribution in [1.29, 1.82) is 0 Å². The number of hydrogen-bond acceptors (Lipinski definition) is 5. The van der Waals surface area contributed by atoms with E-state index in [-0.39, 0.29) is 36.5 Å². The predicted molar refractivity (Wildman–Crippen MR) is 144 cm³/mol. The zero-order chi connectivity index (χ0) is 30.1. The first-order valence-corrected chi connectivity index (χ1v) is 13.1. The number of hydrogen-bond donors (Lipinski definition) is 0. The SMILES string of the molecule is C/C=C(\N=C(c1cc(F)c(-c2nc3cc(C)ccn3c2C[C@H]2CN(C(=O)OC)CCO2)c(F)c1)C(C)C)C(F)(F)F. The summed E-state index contributed by atoms with van der Waals surface area (Å²) in [4.78, 5) is 21.8. The number of carbonyl (C=O) groups excluding carboxylic acids is 1. The fourth-order valence-electron chi connectivity index (χ4n) is 4.84. The molecule has 41 heavy (non-hydrogen) atoms. The lowest BCUT2D eigenvalue weighted by atomic mass is 9.96. The Balaban J connectivity index is 1.81. The number of alkyl halides is 3. The fraction of sp³-hybridized carbons (Fsp3) is 0.414. The van der Waals surface area contributed by atoms with Crippen molar-refractivity contribution in [2.45, 2.75) is 46.4 Å². The molecule has 1 saturated heterocycles. The Bertz CT molecular complexity index is 1490. The maximum Gasteiger partial charge on any atom is 0.433 e. The van der Waals surface area contributed by atoms with Crippen LogP contribution in [0.25, 0.3) is 16.9 Å². The third kappa shape index (κ3) is 6.42. The minimum absolute atomic E-state index is 0.0309. The van der Waals surface area contributed by atoms with Gasteiger partial charge in [0.2, 0.25) is 0 Å². The van der Waals surface area contributed by atoms with Crippen molar-refractivity contribution in [1.82, 2.24) is 14.3 Å². The van der Waals surface area contributed by atoms with Gasteiger partial charge in [-0.2, -0.15) is 13.2 Å². The third-order valence-corrected chi connectivity index (χ3v) is 6.80. The molecule has 1 amide bonds. The molecule has 1 aliphatic rings. The van der Waals surface area contributed by atoms with E-state index in [1.54, 1.807) is 30.5 Å². The molecule has 0 spiro atoms. The molecule has 220 valence electrons. The lowest BCUT2D eigenvalue weighted by Crippen LogP contribution is -2.46. The second kappa shape index (κ2) is 12.0. The number of fused-ring (bicyclic) bond motifs is 1. The van der Waals surface area contributed by atoms with E-state index in [4.69, 9.17) is 9.47 Å². The van der Waals surface area contributed by atoms with Crippen LogP contribution in [0.5, 0.6) is 0 Å². The number of benzene rings is 1. The van der Waals surface area contributed by atoms with Crippen molar-refractivity contribution in [3.63, 3.8) is 0 Å². The van der Waals surface area contributed by atoms with Gasteiger partial charge in [0.25, 0.3) is 0 Å². The van der Waals surface area contributed by atoms with Gasteiger partial charge in [-0.25, -0.2) is 23.6 Å². The fourth-order valence-corrected chi connectivity index (χ4v) is 4.84. The molecule has 1 aliphatic heterocycles. The Kier molecular flexibility index (Phi) is 8.81. The summed E-state index contributed by atoms with van der Waals surface area (Å²) in [7, 11) is 1.28. The number of halogens is 5. The number of aliphatic imine (C=N–C) groups is 1. The quantitative estimate of drug-likeness (QED) is 0.247. The Morgan fingerprint density at radius 1 is 1.24 bits per heavy atom. The van der Waals surface area contributed by atoms with E-state index in [0.717, 1.165) is 23.8 Å². The van der Waals surface area contributed by atoms with Gasteiger partial charge >= 0.3 is 12.3 Å². The Morgan fingerprint density at radius 3 is 2.51 bits per heavy atom. The van der Waals surface area contributed by atoms with Gasteiger partial charge in [-0.3, -0.25) is 0 Å². The maximum absolute atomic E-state index is 15.8. The number of amides is 1. The highest BCUT2D eigenvalue weighted by molar-refractivity contribution is 6.03. The van der Waals surface area contributed by atoms with Crippen LogP contribution in [-0.4, -0.2) is 65.2 Å². The van der Waals surface area contributed by atoms with Crippen molar-refractivity contribution >= 4 is 17.5 Å². The van der Waals surface area contributed by atoms with Gasteiger partial charge in [0.05, 0.1) is 49.0 Å². The number of nitrogens with zero attached hydrogens (tertiary/aromatic N) is 4. The largest absolute Gasteiger partial charge is 0.453 e. The first-order valence-electron chi connectivity index (χ1n) is 13.1. The molecule has 0 bridgehead atoms. The second-order valence-electron chi connectivity index (χ2n) is 10.1. The minimum Gasteiger partial charge on any atom is -0.453 e. The molecule has 2 aromatic heterocycles. The van der Waals surface area contributed by atoms with Gasteiger partial charge in [0.1, 0.15) is 23.0 Å². The maximum atomic E-state index is 15.8. The number of methoxy groups -OCH3 is 1. The number of aromatic nitrogens is 2. The summed E-state index contributed by atoms with van der Waals surface area (Å²) >= 11 is 0. The van der Waals surface area contributed by atoms with Crippen LogP contribution >= 0.6 is 0 Å². The lowest BCUT2D eigenvalue weighted by molar-refractivity contribution is -0.0924. The van der Waals surface area contributed by atoms with Crippen LogP contribution in [0.3, 0.4) is 0 Å². The summed E-state index contributed by atoms with van der Waals surface area (Å²) in [5, 5.41) is 0. The van der Waals surface area contributed by atoms with Gasteiger partial charge in [-0.1, -0.05) is 19.9 Å². The summed E-state index contributed by atoms with van der Waals surface area (Å²) in [6.45, 7) is 7.04. The van der Waals surface area contributed by atoms with E-state index < -0.39 is 47.2 Å². The average molecular weight is 579 g/mol. The van der Waals surface area contributed by atoms with Gasteiger partial charge in [0, 0.05) is 24.7 Å². The number of allylic oxidation sites excluding steroid dienone is 2. The zero-order valence-electron chi connectivity index (χ0n) is 23.4. The van der Waals surface area contributed by atoms with Crippen molar-refractivity contribution in [2.24, 2.45) is 10.9 Å².